The van der Waals surface area contributed by atoms with Crippen molar-refractivity contribution in [1.82, 2.24) is 14.4 Å². The molecule has 5 nitrogen and oxygen atoms in total. The van der Waals surface area contributed by atoms with Gasteiger partial charge in [-0.05, 0) is 60.5 Å². The fourth-order valence-electron chi connectivity index (χ4n) is 5.29. The number of carbonyl (C=O) groups excluding carboxylic acids is 2. The molecule has 1 aromatic carbocycles. The molecule has 0 unspecified atom stereocenters. The van der Waals surface area contributed by atoms with Crippen LogP contribution in [-0.4, -0.2) is 45.3 Å². The molecule has 2 amide bonds. The maximum absolute atomic E-state index is 13.9. The molecule has 1 fully saturated rings. The number of hydrogen-bond acceptors (Lipinski definition) is 3. The van der Waals surface area contributed by atoms with Gasteiger partial charge in [-0.3, -0.25) is 9.59 Å². The summed E-state index contributed by atoms with van der Waals surface area (Å²) in [4.78, 5) is 32.0. The lowest BCUT2D eigenvalue weighted by Gasteiger charge is -2.36. The van der Waals surface area contributed by atoms with Crippen molar-refractivity contribution in [2.45, 2.75) is 83.8 Å². The van der Waals surface area contributed by atoms with E-state index in [-0.39, 0.29) is 30.2 Å². The Labute approximate surface area is 230 Å². The lowest BCUT2D eigenvalue weighted by atomic mass is 9.94. The Bertz CT molecular complexity index is 1140. The van der Waals surface area contributed by atoms with Gasteiger partial charge in [0.1, 0.15) is 5.82 Å². The van der Waals surface area contributed by atoms with E-state index < -0.39 is 0 Å². The smallest absolute Gasteiger partial charge is 0.242 e. The molecule has 2 heterocycles. The molecule has 2 aromatic heterocycles. The first-order valence-electron chi connectivity index (χ1n) is 14.0. The second-order valence-electron chi connectivity index (χ2n) is 10.3. The molecule has 3 aromatic rings. The van der Waals surface area contributed by atoms with Gasteiger partial charge in [0.25, 0.3) is 0 Å². The number of amides is 2. The van der Waals surface area contributed by atoms with E-state index in [1.165, 1.54) is 18.6 Å². The van der Waals surface area contributed by atoms with E-state index in [0.717, 1.165) is 61.1 Å². The Kier molecular flexibility index (Phi) is 10.6. The van der Waals surface area contributed by atoms with Crippen LogP contribution in [0.25, 0.3) is 0 Å². The first kappa shape index (κ1) is 28.1. The van der Waals surface area contributed by atoms with Crippen LogP contribution in [0.4, 0.5) is 4.39 Å². The van der Waals surface area contributed by atoms with Gasteiger partial charge in [-0.25, -0.2) is 4.39 Å². The molecule has 7 heteroatoms. The van der Waals surface area contributed by atoms with Gasteiger partial charge in [-0.2, -0.15) is 0 Å². The molecule has 0 atom stereocenters. The van der Waals surface area contributed by atoms with Crippen molar-refractivity contribution in [2.75, 3.05) is 13.1 Å². The monoisotopic (exact) mass is 537 g/mol. The van der Waals surface area contributed by atoms with Crippen molar-refractivity contribution in [1.29, 1.82) is 0 Å². The van der Waals surface area contributed by atoms with Crippen LogP contribution in [0.2, 0.25) is 0 Å². The summed E-state index contributed by atoms with van der Waals surface area (Å²) in [5, 5.41) is 1.99. The minimum absolute atomic E-state index is 0.0279. The molecule has 0 aliphatic heterocycles. The van der Waals surface area contributed by atoms with Crippen molar-refractivity contribution < 1.29 is 14.0 Å². The number of carbonyl (C=O) groups is 2. The second kappa shape index (κ2) is 14.3. The van der Waals surface area contributed by atoms with Gasteiger partial charge in [0, 0.05) is 35.9 Å². The fraction of sp³-hybridized carbons (Fsp3) is 0.484. The summed E-state index contributed by atoms with van der Waals surface area (Å²) in [5.41, 5.74) is 2.07. The maximum atomic E-state index is 13.9. The van der Waals surface area contributed by atoms with Crippen LogP contribution in [0.5, 0.6) is 0 Å². The first-order valence-corrected chi connectivity index (χ1v) is 14.9. The highest BCUT2D eigenvalue weighted by Crippen LogP contribution is 2.25. The number of halogens is 1. The van der Waals surface area contributed by atoms with E-state index in [2.05, 4.69) is 17.6 Å². The quantitative estimate of drug-likeness (QED) is 0.229. The average molecular weight is 538 g/mol. The van der Waals surface area contributed by atoms with Crippen LogP contribution in [0, 0.1) is 5.82 Å². The topological polar surface area (TPSA) is 45.6 Å². The lowest BCUT2D eigenvalue weighted by molar-refractivity contribution is -0.142. The summed E-state index contributed by atoms with van der Waals surface area (Å²) in [5.74, 6) is -0.185. The van der Waals surface area contributed by atoms with Crippen LogP contribution in [0.1, 0.15) is 74.4 Å². The van der Waals surface area contributed by atoms with Crippen molar-refractivity contribution in [3.8, 4) is 0 Å². The number of unbranched alkanes of at least 4 members (excludes halogenated alkanes) is 2. The minimum Gasteiger partial charge on any atom is -0.345 e. The van der Waals surface area contributed by atoms with Gasteiger partial charge in [-0.1, -0.05) is 57.2 Å². The van der Waals surface area contributed by atoms with Crippen molar-refractivity contribution in [3.63, 3.8) is 0 Å². The summed E-state index contributed by atoms with van der Waals surface area (Å²) in [6.45, 7) is 4.03. The average Bonchev–Trinajstić information content (AvgIpc) is 3.60. The number of thiophene rings is 1. The standard InChI is InChI=1S/C31H40FN3O2S/c1-2-3-7-18-34(30(36)21-29-13-9-20-38-29)24-31(37)35(27-10-5-4-6-11-27)23-28-12-8-19-33(28)22-25-14-16-26(32)17-15-25/h8-9,12-17,19-20,27H,2-7,10-11,18,21-24H2,1H3. The number of rotatable bonds is 13. The molecular weight excluding hydrogens is 497 g/mol. The fourth-order valence-corrected chi connectivity index (χ4v) is 5.99. The molecule has 0 N–H and O–H groups in total. The van der Waals surface area contributed by atoms with E-state index in [1.54, 1.807) is 28.4 Å². The third-order valence-corrected chi connectivity index (χ3v) is 8.35. The van der Waals surface area contributed by atoms with E-state index in [9.17, 15) is 14.0 Å². The molecule has 0 radical (unpaired) electrons. The van der Waals surface area contributed by atoms with E-state index in [4.69, 9.17) is 0 Å². The molecule has 0 spiro atoms. The van der Waals surface area contributed by atoms with Gasteiger partial charge in [-0.15, -0.1) is 11.3 Å². The number of aromatic nitrogens is 1. The summed E-state index contributed by atoms with van der Waals surface area (Å²) >= 11 is 1.58. The molecule has 1 saturated carbocycles. The largest absolute Gasteiger partial charge is 0.345 e. The Morgan fingerprint density at radius 3 is 2.50 bits per heavy atom. The lowest BCUT2D eigenvalue weighted by Crippen LogP contribution is -2.48. The van der Waals surface area contributed by atoms with Gasteiger partial charge < -0.3 is 14.4 Å². The zero-order chi connectivity index (χ0) is 26.7. The number of benzene rings is 1. The first-order chi connectivity index (χ1) is 18.5. The summed E-state index contributed by atoms with van der Waals surface area (Å²) in [7, 11) is 0. The molecule has 0 saturated heterocycles. The summed E-state index contributed by atoms with van der Waals surface area (Å²) in [6, 6.07) is 14.8. The Hall–Kier alpha value is -2.93. The Morgan fingerprint density at radius 1 is 1.00 bits per heavy atom. The highest BCUT2D eigenvalue weighted by molar-refractivity contribution is 7.10. The normalized spacial score (nSPS) is 13.9. The van der Waals surface area contributed by atoms with Gasteiger partial charge in [0.05, 0.1) is 19.5 Å². The summed E-state index contributed by atoms with van der Waals surface area (Å²) in [6.07, 6.45) is 10.9. The predicted molar refractivity (Wildman–Crippen MR) is 151 cm³/mol. The molecule has 1 aliphatic carbocycles. The highest BCUT2D eigenvalue weighted by Gasteiger charge is 2.29. The third-order valence-electron chi connectivity index (χ3n) is 7.47. The van der Waals surface area contributed by atoms with E-state index in [1.807, 2.05) is 34.7 Å². The molecular formula is C31H40FN3O2S. The van der Waals surface area contributed by atoms with E-state index >= 15 is 0 Å². The predicted octanol–water partition coefficient (Wildman–Crippen LogP) is 6.66. The summed E-state index contributed by atoms with van der Waals surface area (Å²) < 4.78 is 15.5. The van der Waals surface area contributed by atoms with Crippen LogP contribution in [0.15, 0.2) is 60.1 Å². The van der Waals surface area contributed by atoms with Crippen LogP contribution in [0.3, 0.4) is 0 Å². The molecule has 204 valence electrons. The molecule has 0 bridgehead atoms. The SMILES string of the molecule is CCCCCN(CC(=O)N(Cc1cccn1Cc1ccc(F)cc1)C1CCCCC1)C(=O)Cc1cccs1. The van der Waals surface area contributed by atoms with Crippen LogP contribution in [-0.2, 0) is 29.1 Å². The Morgan fingerprint density at radius 2 is 1.79 bits per heavy atom. The number of hydrogen-bond donors (Lipinski definition) is 0. The number of nitrogens with zero attached hydrogens (tertiary/aromatic N) is 3. The third kappa shape index (κ3) is 8.03. The van der Waals surface area contributed by atoms with Crippen molar-refractivity contribution in [3.05, 3.63) is 82.1 Å². The zero-order valence-electron chi connectivity index (χ0n) is 22.5. The van der Waals surface area contributed by atoms with Gasteiger partial charge >= 0.3 is 0 Å². The van der Waals surface area contributed by atoms with Gasteiger partial charge in [0.15, 0.2) is 0 Å². The maximum Gasteiger partial charge on any atom is 0.242 e. The van der Waals surface area contributed by atoms with Crippen LogP contribution >= 0.6 is 11.3 Å². The molecule has 38 heavy (non-hydrogen) atoms. The van der Waals surface area contributed by atoms with Crippen molar-refractivity contribution >= 4 is 23.2 Å². The zero-order valence-corrected chi connectivity index (χ0v) is 23.3. The highest BCUT2D eigenvalue weighted by atomic mass is 32.1. The second-order valence-corrected chi connectivity index (χ2v) is 11.4. The minimum atomic E-state index is -0.243. The van der Waals surface area contributed by atoms with E-state index in [0.29, 0.717) is 26.1 Å². The molecule has 4 rings (SSSR count). The van der Waals surface area contributed by atoms with Gasteiger partial charge in [0.2, 0.25) is 11.8 Å². The van der Waals surface area contributed by atoms with Crippen LogP contribution < -0.4 is 0 Å². The molecule has 1 aliphatic rings. The van der Waals surface area contributed by atoms with Crippen molar-refractivity contribution in [2.24, 2.45) is 0 Å². The Balaban J connectivity index is 1.50.